The average Bonchev–Trinajstić information content (AvgIpc) is 3.11. The zero-order chi connectivity index (χ0) is 18.8. The van der Waals surface area contributed by atoms with Crippen molar-refractivity contribution in [1.82, 2.24) is 30.0 Å². The van der Waals surface area contributed by atoms with Crippen molar-refractivity contribution >= 4 is 17.8 Å². The van der Waals surface area contributed by atoms with Crippen molar-refractivity contribution in [3.63, 3.8) is 0 Å². The Morgan fingerprint density at radius 3 is 2.52 bits per heavy atom. The van der Waals surface area contributed by atoms with Crippen molar-refractivity contribution < 1.29 is 9.59 Å². The van der Waals surface area contributed by atoms with E-state index in [0.717, 1.165) is 13.0 Å². The van der Waals surface area contributed by atoms with Gasteiger partial charge in [0.05, 0.1) is 0 Å². The van der Waals surface area contributed by atoms with E-state index in [9.17, 15) is 9.59 Å². The number of benzene rings is 1. The predicted octanol–water partition coefficient (Wildman–Crippen LogP) is 0.0788. The van der Waals surface area contributed by atoms with Crippen molar-refractivity contribution in [2.24, 2.45) is 5.92 Å². The quantitative estimate of drug-likeness (QED) is 0.820. The first-order valence-electron chi connectivity index (χ1n) is 9.27. The molecule has 0 bridgehead atoms. The zero-order valence-electron chi connectivity index (χ0n) is 15.1. The summed E-state index contributed by atoms with van der Waals surface area (Å²) in [4.78, 5) is 29.0. The third-order valence-corrected chi connectivity index (χ3v) is 5.48. The van der Waals surface area contributed by atoms with Crippen LogP contribution in [-0.2, 0) is 29.1 Å². The summed E-state index contributed by atoms with van der Waals surface area (Å²) in [7, 11) is 0. The zero-order valence-corrected chi connectivity index (χ0v) is 15.1. The summed E-state index contributed by atoms with van der Waals surface area (Å²) in [6, 6.07) is 8.31. The third kappa shape index (κ3) is 3.62. The molecule has 0 unspecified atom stereocenters. The van der Waals surface area contributed by atoms with Crippen LogP contribution >= 0.6 is 0 Å². The summed E-state index contributed by atoms with van der Waals surface area (Å²) >= 11 is 0. The lowest BCUT2D eigenvalue weighted by atomic mass is 9.93. The van der Waals surface area contributed by atoms with Gasteiger partial charge in [0.15, 0.2) is 0 Å². The fraction of sp³-hybridized carbons (Fsp3) is 0.500. The largest absolute Gasteiger partial charge is 0.367 e. The number of aromatic nitrogens is 4. The van der Waals surface area contributed by atoms with Gasteiger partial charge in [-0.25, -0.2) is 4.68 Å². The second-order valence-electron chi connectivity index (χ2n) is 7.13. The van der Waals surface area contributed by atoms with Crippen LogP contribution in [0.4, 0.5) is 5.95 Å². The Kier molecular flexibility index (Phi) is 4.74. The summed E-state index contributed by atoms with van der Waals surface area (Å²) in [6.07, 6.45) is 2.29. The van der Waals surface area contributed by atoms with Crippen LogP contribution in [0.5, 0.6) is 0 Å². The summed E-state index contributed by atoms with van der Waals surface area (Å²) in [6.45, 7) is 2.63. The molecule has 0 saturated carbocycles. The monoisotopic (exact) mass is 369 g/mol. The lowest BCUT2D eigenvalue weighted by Crippen LogP contribution is -2.46. The predicted molar refractivity (Wildman–Crippen MR) is 97.1 cm³/mol. The molecule has 0 aliphatic carbocycles. The van der Waals surface area contributed by atoms with Gasteiger partial charge in [0.1, 0.15) is 6.54 Å². The number of anilines is 1. The van der Waals surface area contributed by atoms with Crippen molar-refractivity contribution in [2.75, 3.05) is 25.4 Å². The molecule has 1 aromatic carbocycles. The second-order valence-corrected chi connectivity index (χ2v) is 7.13. The second kappa shape index (κ2) is 7.34. The Bertz CT molecular complexity index is 842. The minimum Gasteiger partial charge on any atom is -0.367 e. The van der Waals surface area contributed by atoms with Gasteiger partial charge in [-0.05, 0) is 40.8 Å². The highest BCUT2D eigenvalue weighted by molar-refractivity contribution is 5.80. The number of tetrazole rings is 1. The van der Waals surface area contributed by atoms with Gasteiger partial charge >= 0.3 is 0 Å². The molecule has 3 heterocycles. The Morgan fingerprint density at radius 1 is 1.07 bits per heavy atom. The van der Waals surface area contributed by atoms with E-state index in [0.29, 0.717) is 32.5 Å². The Hall–Kier alpha value is -2.97. The van der Waals surface area contributed by atoms with Gasteiger partial charge < -0.3 is 15.5 Å². The fourth-order valence-electron chi connectivity index (χ4n) is 3.87. The van der Waals surface area contributed by atoms with Gasteiger partial charge in [0, 0.05) is 32.1 Å². The number of nitrogens with two attached hydrogens (primary N) is 1. The fourth-order valence-corrected chi connectivity index (χ4v) is 3.87. The van der Waals surface area contributed by atoms with Crippen molar-refractivity contribution in [1.29, 1.82) is 0 Å². The molecule has 2 aromatic rings. The molecule has 1 saturated heterocycles. The van der Waals surface area contributed by atoms with Crippen LogP contribution in [0.3, 0.4) is 0 Å². The summed E-state index contributed by atoms with van der Waals surface area (Å²) in [5, 5.41) is 10.7. The first-order valence-corrected chi connectivity index (χ1v) is 9.27. The SMILES string of the molecule is Nc1nnnn1CC(=O)N1CCC(C(=O)N2CCc3ccccc3C2)CC1. The Balaban J connectivity index is 1.31. The molecule has 9 heteroatoms. The number of carbonyl (C=O) groups excluding carboxylic acids is 2. The van der Waals surface area contributed by atoms with Crippen LogP contribution in [0.1, 0.15) is 24.0 Å². The van der Waals surface area contributed by atoms with Gasteiger partial charge in [-0.1, -0.05) is 29.4 Å². The minimum absolute atomic E-state index is 0.0163. The number of rotatable bonds is 3. The van der Waals surface area contributed by atoms with E-state index in [-0.39, 0.29) is 30.2 Å². The van der Waals surface area contributed by atoms with E-state index in [1.807, 2.05) is 17.0 Å². The van der Waals surface area contributed by atoms with Crippen LogP contribution in [0.15, 0.2) is 24.3 Å². The van der Waals surface area contributed by atoms with E-state index in [4.69, 9.17) is 5.73 Å². The molecule has 0 atom stereocenters. The number of nitrogens with zero attached hydrogens (tertiary/aromatic N) is 6. The molecule has 27 heavy (non-hydrogen) atoms. The maximum absolute atomic E-state index is 12.9. The lowest BCUT2D eigenvalue weighted by Gasteiger charge is -2.36. The highest BCUT2D eigenvalue weighted by Gasteiger charge is 2.31. The number of amides is 2. The number of hydrogen-bond acceptors (Lipinski definition) is 6. The van der Waals surface area contributed by atoms with Gasteiger partial charge in [0.25, 0.3) is 0 Å². The average molecular weight is 369 g/mol. The number of nitrogen functional groups attached to an aromatic ring is 1. The van der Waals surface area contributed by atoms with Crippen LogP contribution in [0.2, 0.25) is 0 Å². The molecule has 2 aliphatic heterocycles. The molecule has 4 rings (SSSR count). The smallest absolute Gasteiger partial charge is 0.244 e. The molecule has 9 nitrogen and oxygen atoms in total. The van der Waals surface area contributed by atoms with Gasteiger partial charge in [-0.15, -0.1) is 0 Å². The summed E-state index contributed by atoms with van der Waals surface area (Å²) < 4.78 is 1.28. The maximum atomic E-state index is 12.9. The van der Waals surface area contributed by atoms with E-state index in [1.54, 1.807) is 4.90 Å². The van der Waals surface area contributed by atoms with Crippen molar-refractivity contribution in [3.8, 4) is 0 Å². The van der Waals surface area contributed by atoms with E-state index >= 15 is 0 Å². The molecule has 142 valence electrons. The Labute approximate surface area is 157 Å². The molecule has 2 N–H and O–H groups in total. The molecule has 1 aromatic heterocycles. The Morgan fingerprint density at radius 2 is 1.81 bits per heavy atom. The number of carbonyl (C=O) groups is 2. The van der Waals surface area contributed by atoms with Crippen LogP contribution in [0, 0.1) is 5.92 Å². The molecule has 1 fully saturated rings. The number of piperidine rings is 1. The lowest BCUT2D eigenvalue weighted by molar-refractivity contribution is -0.141. The molecular weight excluding hydrogens is 346 g/mol. The van der Waals surface area contributed by atoms with Gasteiger partial charge in [0.2, 0.25) is 17.8 Å². The third-order valence-electron chi connectivity index (χ3n) is 5.48. The summed E-state index contributed by atoms with van der Waals surface area (Å²) in [5.74, 6) is 0.240. The van der Waals surface area contributed by atoms with E-state index < -0.39 is 0 Å². The van der Waals surface area contributed by atoms with E-state index in [1.165, 1.54) is 15.8 Å². The topological polar surface area (TPSA) is 110 Å². The molecular formula is C18H23N7O2. The highest BCUT2D eigenvalue weighted by atomic mass is 16.2. The number of fused-ring (bicyclic) bond motifs is 1. The van der Waals surface area contributed by atoms with Gasteiger partial charge in [-0.3, -0.25) is 9.59 Å². The van der Waals surface area contributed by atoms with Crippen molar-refractivity contribution in [3.05, 3.63) is 35.4 Å². The summed E-state index contributed by atoms with van der Waals surface area (Å²) in [5.41, 5.74) is 8.18. The van der Waals surface area contributed by atoms with Gasteiger partial charge in [-0.2, -0.15) is 0 Å². The normalized spacial score (nSPS) is 17.6. The molecule has 2 amide bonds. The minimum atomic E-state index is -0.0770. The number of likely N-dealkylation sites (tertiary alicyclic amines) is 1. The number of hydrogen-bond donors (Lipinski definition) is 1. The molecule has 2 aliphatic rings. The van der Waals surface area contributed by atoms with Crippen LogP contribution in [-0.4, -0.2) is 61.5 Å². The van der Waals surface area contributed by atoms with Crippen molar-refractivity contribution in [2.45, 2.75) is 32.4 Å². The highest BCUT2D eigenvalue weighted by Crippen LogP contribution is 2.24. The maximum Gasteiger partial charge on any atom is 0.244 e. The van der Waals surface area contributed by atoms with Crippen LogP contribution in [0.25, 0.3) is 0 Å². The first kappa shape index (κ1) is 17.4. The first-order chi connectivity index (χ1) is 13.1. The molecule has 0 radical (unpaired) electrons. The molecule has 0 spiro atoms. The van der Waals surface area contributed by atoms with E-state index in [2.05, 4.69) is 27.7 Å². The van der Waals surface area contributed by atoms with Crippen LogP contribution < -0.4 is 5.73 Å². The standard InChI is InChI=1S/C18H23N7O2/c19-18-20-21-22-25(18)12-16(26)23-8-6-14(7-9-23)17(27)24-10-5-13-3-1-2-4-15(13)11-24/h1-4,14H,5-12H2,(H2,19,20,22).